The largest absolute Gasteiger partial charge is 0.422 e. The number of fused-ring (bicyclic) bond motifs is 1. The van der Waals surface area contributed by atoms with E-state index in [-0.39, 0.29) is 6.01 Å². The number of hydrogen-bond acceptors (Lipinski definition) is 5. The minimum Gasteiger partial charge on any atom is -0.422 e. The van der Waals surface area contributed by atoms with E-state index in [2.05, 4.69) is 31.1 Å². The highest BCUT2D eigenvalue weighted by Crippen LogP contribution is 2.32. The average Bonchev–Trinajstić information content (AvgIpc) is 2.44. The molecular weight excluding hydrogens is 308 g/mol. The summed E-state index contributed by atoms with van der Waals surface area (Å²) in [6.45, 7) is 0. The van der Waals surface area contributed by atoms with Crippen LogP contribution in [0.4, 0.5) is 5.69 Å². The van der Waals surface area contributed by atoms with E-state index in [0.717, 1.165) is 11.0 Å². The van der Waals surface area contributed by atoms with Crippen LogP contribution in [-0.2, 0) is 0 Å². The zero-order valence-electron chi connectivity index (χ0n) is 9.75. The Bertz CT molecular complexity index is 748. The first-order valence-electron chi connectivity index (χ1n) is 5.55. The molecule has 0 amide bonds. The Kier molecular flexibility index (Phi) is 3.00. The van der Waals surface area contributed by atoms with Gasteiger partial charge in [-0.25, -0.2) is 0 Å². The Balaban J connectivity index is 1.99. The van der Waals surface area contributed by atoms with E-state index in [1.807, 2.05) is 24.3 Å². The number of nitrogen functional groups attached to an aromatic ring is 1. The number of nitrogens with two attached hydrogens (primary N) is 1. The van der Waals surface area contributed by atoms with Gasteiger partial charge >= 0.3 is 6.01 Å². The Morgan fingerprint density at radius 3 is 2.58 bits per heavy atom. The van der Waals surface area contributed by atoms with Crippen molar-refractivity contribution in [3.05, 3.63) is 46.9 Å². The molecule has 19 heavy (non-hydrogen) atoms. The van der Waals surface area contributed by atoms with Crippen molar-refractivity contribution in [2.24, 2.45) is 0 Å². The summed E-state index contributed by atoms with van der Waals surface area (Å²) in [6, 6.07) is 13.0. The van der Waals surface area contributed by atoms with Crippen LogP contribution in [0.3, 0.4) is 0 Å². The number of benzene rings is 2. The Morgan fingerprint density at radius 1 is 0.947 bits per heavy atom. The fourth-order valence-electron chi connectivity index (χ4n) is 1.61. The van der Waals surface area contributed by atoms with E-state index in [1.165, 1.54) is 0 Å². The first-order valence-corrected chi connectivity index (χ1v) is 6.34. The maximum atomic E-state index is 5.78. The second-order valence-electron chi connectivity index (χ2n) is 3.84. The van der Waals surface area contributed by atoms with E-state index in [0.29, 0.717) is 15.9 Å². The standard InChI is InChI=1S/C13H9BrN4O/c14-12-8(15)4-3-7-11(12)19-13-16-9-5-1-2-6-10(9)17-18-13/h1-7H,15H2. The summed E-state index contributed by atoms with van der Waals surface area (Å²) < 4.78 is 6.26. The van der Waals surface area contributed by atoms with Crippen molar-refractivity contribution >= 4 is 32.7 Å². The molecule has 0 radical (unpaired) electrons. The normalized spacial score (nSPS) is 10.6. The van der Waals surface area contributed by atoms with Gasteiger partial charge in [0.15, 0.2) is 0 Å². The predicted molar refractivity (Wildman–Crippen MR) is 76.0 cm³/mol. The first kappa shape index (κ1) is 11.9. The van der Waals surface area contributed by atoms with Crippen LogP contribution >= 0.6 is 15.9 Å². The lowest BCUT2D eigenvalue weighted by molar-refractivity contribution is 0.434. The van der Waals surface area contributed by atoms with E-state index < -0.39 is 0 Å². The fraction of sp³-hybridized carbons (Fsp3) is 0. The van der Waals surface area contributed by atoms with Gasteiger partial charge in [-0.2, -0.15) is 4.98 Å². The number of nitrogens with zero attached hydrogens (tertiary/aromatic N) is 3. The molecule has 3 rings (SSSR count). The van der Waals surface area contributed by atoms with Gasteiger partial charge in [-0.05, 0) is 40.2 Å². The van der Waals surface area contributed by atoms with Crippen LogP contribution in [0.5, 0.6) is 11.8 Å². The Morgan fingerprint density at radius 2 is 1.74 bits per heavy atom. The van der Waals surface area contributed by atoms with Gasteiger partial charge in [0.25, 0.3) is 0 Å². The summed E-state index contributed by atoms with van der Waals surface area (Å²) in [7, 11) is 0. The molecule has 1 aromatic heterocycles. The molecule has 0 aliphatic heterocycles. The molecule has 5 nitrogen and oxygen atoms in total. The van der Waals surface area contributed by atoms with Gasteiger partial charge in [0.05, 0.1) is 9.99 Å². The van der Waals surface area contributed by atoms with Gasteiger partial charge in [0, 0.05) is 5.69 Å². The number of halogens is 1. The van der Waals surface area contributed by atoms with Crippen LogP contribution in [0.1, 0.15) is 0 Å². The van der Waals surface area contributed by atoms with Gasteiger partial charge in [-0.1, -0.05) is 23.3 Å². The molecule has 2 aromatic carbocycles. The molecule has 6 heteroatoms. The maximum absolute atomic E-state index is 5.78. The number of para-hydroxylation sites is 1. The van der Waals surface area contributed by atoms with Gasteiger partial charge < -0.3 is 10.5 Å². The molecule has 0 bridgehead atoms. The quantitative estimate of drug-likeness (QED) is 0.735. The third-order valence-electron chi connectivity index (χ3n) is 2.54. The summed E-state index contributed by atoms with van der Waals surface area (Å²) in [5, 5.41) is 7.97. The highest BCUT2D eigenvalue weighted by atomic mass is 79.9. The van der Waals surface area contributed by atoms with Crippen molar-refractivity contribution in [1.29, 1.82) is 0 Å². The molecule has 0 saturated heterocycles. The molecule has 0 saturated carbocycles. The van der Waals surface area contributed by atoms with E-state index in [4.69, 9.17) is 10.5 Å². The zero-order chi connectivity index (χ0) is 13.2. The minimum absolute atomic E-state index is 0.185. The van der Waals surface area contributed by atoms with E-state index >= 15 is 0 Å². The van der Waals surface area contributed by atoms with Gasteiger partial charge in [-0.3, -0.25) is 0 Å². The van der Waals surface area contributed by atoms with Gasteiger partial charge in [0.1, 0.15) is 11.3 Å². The monoisotopic (exact) mass is 316 g/mol. The third kappa shape index (κ3) is 2.34. The molecule has 0 fully saturated rings. The summed E-state index contributed by atoms with van der Waals surface area (Å²) in [5.74, 6) is 0.553. The summed E-state index contributed by atoms with van der Waals surface area (Å²) in [4.78, 5) is 4.28. The summed E-state index contributed by atoms with van der Waals surface area (Å²) >= 11 is 3.36. The van der Waals surface area contributed by atoms with Crippen molar-refractivity contribution in [2.75, 3.05) is 5.73 Å². The smallest absolute Gasteiger partial charge is 0.341 e. The van der Waals surface area contributed by atoms with Crippen LogP contribution in [0.2, 0.25) is 0 Å². The summed E-state index contributed by atoms with van der Waals surface area (Å²) in [5.41, 5.74) is 7.82. The molecule has 2 N–H and O–H groups in total. The third-order valence-corrected chi connectivity index (χ3v) is 3.38. The second-order valence-corrected chi connectivity index (χ2v) is 4.64. The van der Waals surface area contributed by atoms with Crippen molar-refractivity contribution in [3.63, 3.8) is 0 Å². The molecule has 0 aliphatic rings. The van der Waals surface area contributed by atoms with Crippen molar-refractivity contribution in [3.8, 4) is 11.8 Å². The minimum atomic E-state index is 0.185. The number of anilines is 1. The van der Waals surface area contributed by atoms with Crippen LogP contribution in [0.25, 0.3) is 11.0 Å². The SMILES string of the molecule is Nc1cccc(Oc2nnc3ccccc3n2)c1Br. The van der Waals surface area contributed by atoms with Crippen LogP contribution in [0.15, 0.2) is 46.9 Å². The molecule has 0 unspecified atom stereocenters. The topological polar surface area (TPSA) is 73.9 Å². The lowest BCUT2D eigenvalue weighted by Gasteiger charge is -2.07. The van der Waals surface area contributed by atoms with E-state index in [9.17, 15) is 0 Å². The molecule has 0 aliphatic carbocycles. The van der Waals surface area contributed by atoms with E-state index in [1.54, 1.807) is 18.2 Å². The number of ether oxygens (including phenoxy) is 1. The second kappa shape index (κ2) is 4.81. The molecule has 0 atom stereocenters. The van der Waals surface area contributed by atoms with Crippen LogP contribution in [-0.4, -0.2) is 15.2 Å². The van der Waals surface area contributed by atoms with Gasteiger partial charge in [0.2, 0.25) is 0 Å². The Labute approximate surface area is 117 Å². The number of hydrogen-bond donors (Lipinski definition) is 1. The molecule has 1 heterocycles. The predicted octanol–water partition coefficient (Wildman–Crippen LogP) is 3.16. The van der Waals surface area contributed by atoms with Crippen LogP contribution in [0, 0.1) is 0 Å². The molecule has 94 valence electrons. The van der Waals surface area contributed by atoms with Crippen molar-refractivity contribution in [2.45, 2.75) is 0 Å². The maximum Gasteiger partial charge on any atom is 0.341 e. The van der Waals surface area contributed by atoms with Gasteiger partial charge in [-0.15, -0.1) is 5.10 Å². The number of aromatic nitrogens is 3. The first-order chi connectivity index (χ1) is 9.24. The lowest BCUT2D eigenvalue weighted by atomic mass is 10.3. The molecule has 0 spiro atoms. The molecular formula is C13H9BrN4O. The Hall–Kier alpha value is -2.21. The summed E-state index contributed by atoms with van der Waals surface area (Å²) in [6.07, 6.45) is 0. The number of rotatable bonds is 2. The molecule has 3 aromatic rings. The fourth-order valence-corrected chi connectivity index (χ4v) is 1.96. The zero-order valence-corrected chi connectivity index (χ0v) is 11.3. The van der Waals surface area contributed by atoms with Crippen molar-refractivity contribution < 1.29 is 4.74 Å². The van der Waals surface area contributed by atoms with Crippen molar-refractivity contribution in [1.82, 2.24) is 15.2 Å². The average molecular weight is 317 g/mol. The highest BCUT2D eigenvalue weighted by molar-refractivity contribution is 9.10. The van der Waals surface area contributed by atoms with Crippen LogP contribution < -0.4 is 10.5 Å². The highest BCUT2D eigenvalue weighted by Gasteiger charge is 2.08. The lowest BCUT2D eigenvalue weighted by Crippen LogP contribution is -1.97.